The van der Waals surface area contributed by atoms with Crippen molar-refractivity contribution in [2.75, 3.05) is 0 Å². The predicted octanol–water partition coefficient (Wildman–Crippen LogP) is 5.09. The van der Waals surface area contributed by atoms with Gasteiger partial charge in [-0.05, 0) is 60.9 Å². The van der Waals surface area contributed by atoms with Crippen molar-refractivity contribution >= 4 is 0 Å². The van der Waals surface area contributed by atoms with Crippen LogP contribution in [-0.2, 0) is 6.18 Å². The van der Waals surface area contributed by atoms with E-state index in [1.165, 1.54) is 17.7 Å². The molecule has 22 heavy (non-hydrogen) atoms. The van der Waals surface area contributed by atoms with Crippen LogP contribution in [-0.4, -0.2) is 6.10 Å². The molecule has 116 valence electrons. The number of benzene rings is 1. The number of rotatable bonds is 3. The molecule has 0 radical (unpaired) electrons. The predicted molar refractivity (Wildman–Crippen MR) is 77.7 cm³/mol. The molecule has 0 heterocycles. The lowest BCUT2D eigenvalue weighted by Crippen LogP contribution is -2.17. The molecule has 0 bridgehead atoms. The SMILES string of the molecule is CC1=CC=CC(Oc2ccc(C(F)(F)F)cc2C2C3CC32)C1. The summed E-state index contributed by atoms with van der Waals surface area (Å²) < 4.78 is 44.8. The van der Waals surface area contributed by atoms with E-state index in [2.05, 4.69) is 0 Å². The molecule has 4 heteroatoms. The number of hydrogen-bond donors (Lipinski definition) is 0. The summed E-state index contributed by atoms with van der Waals surface area (Å²) in [5.41, 5.74) is 1.39. The van der Waals surface area contributed by atoms with Crippen LogP contribution in [0, 0.1) is 11.8 Å². The number of halogens is 3. The average Bonchev–Trinajstić information content (AvgIpc) is 3.30. The van der Waals surface area contributed by atoms with E-state index >= 15 is 0 Å². The third-order valence-corrected chi connectivity index (χ3v) is 4.88. The van der Waals surface area contributed by atoms with Gasteiger partial charge in [-0.15, -0.1) is 0 Å². The molecule has 3 unspecified atom stereocenters. The molecule has 1 aromatic rings. The highest BCUT2D eigenvalue weighted by Crippen LogP contribution is 2.74. The van der Waals surface area contributed by atoms with Crippen molar-refractivity contribution in [1.82, 2.24) is 0 Å². The molecule has 0 aliphatic heterocycles. The summed E-state index contributed by atoms with van der Waals surface area (Å²) in [6.45, 7) is 2.03. The summed E-state index contributed by atoms with van der Waals surface area (Å²) in [6.07, 6.45) is 3.50. The third-order valence-electron chi connectivity index (χ3n) is 4.88. The van der Waals surface area contributed by atoms with Gasteiger partial charge in [-0.2, -0.15) is 13.2 Å². The van der Waals surface area contributed by atoms with Crippen LogP contribution in [0.1, 0.15) is 36.8 Å². The highest BCUT2D eigenvalue weighted by molar-refractivity contribution is 5.47. The zero-order valence-electron chi connectivity index (χ0n) is 12.2. The quantitative estimate of drug-likeness (QED) is 0.755. The highest BCUT2D eigenvalue weighted by atomic mass is 19.4. The van der Waals surface area contributed by atoms with E-state index in [-0.39, 0.29) is 12.0 Å². The Labute approximate surface area is 127 Å². The molecular formula is C18H17F3O. The van der Waals surface area contributed by atoms with Crippen molar-refractivity contribution in [3.63, 3.8) is 0 Å². The number of alkyl halides is 3. The molecule has 2 saturated carbocycles. The zero-order valence-corrected chi connectivity index (χ0v) is 12.2. The molecule has 0 N–H and O–H groups in total. The van der Waals surface area contributed by atoms with Gasteiger partial charge >= 0.3 is 6.18 Å². The Morgan fingerprint density at radius 1 is 1.18 bits per heavy atom. The topological polar surface area (TPSA) is 9.23 Å². The number of allylic oxidation sites excluding steroid dienone is 2. The molecule has 0 spiro atoms. The largest absolute Gasteiger partial charge is 0.486 e. The number of ether oxygens (including phenoxy) is 1. The van der Waals surface area contributed by atoms with E-state index < -0.39 is 11.7 Å². The van der Waals surface area contributed by atoms with Crippen LogP contribution in [0.4, 0.5) is 13.2 Å². The molecule has 0 saturated heterocycles. The van der Waals surface area contributed by atoms with Gasteiger partial charge in [0.25, 0.3) is 0 Å². The highest BCUT2D eigenvalue weighted by Gasteiger charge is 2.65. The number of hydrogen-bond acceptors (Lipinski definition) is 1. The van der Waals surface area contributed by atoms with Crippen molar-refractivity contribution in [1.29, 1.82) is 0 Å². The number of fused-ring (bicyclic) bond motifs is 1. The van der Waals surface area contributed by atoms with E-state index in [1.807, 2.05) is 25.2 Å². The van der Waals surface area contributed by atoms with Crippen LogP contribution in [0.15, 0.2) is 42.0 Å². The summed E-state index contributed by atoms with van der Waals surface area (Å²) in [4.78, 5) is 0. The zero-order chi connectivity index (χ0) is 15.5. The van der Waals surface area contributed by atoms with Gasteiger partial charge in [0.05, 0.1) is 5.56 Å². The van der Waals surface area contributed by atoms with Gasteiger partial charge in [0.2, 0.25) is 0 Å². The fraction of sp³-hybridized carbons (Fsp3) is 0.444. The molecule has 4 rings (SSSR count). The molecule has 3 aliphatic carbocycles. The molecule has 3 atom stereocenters. The van der Waals surface area contributed by atoms with E-state index in [0.29, 0.717) is 17.6 Å². The van der Waals surface area contributed by atoms with Crippen LogP contribution < -0.4 is 4.74 Å². The fourth-order valence-corrected chi connectivity index (χ4v) is 3.37. The molecule has 1 aromatic carbocycles. The summed E-state index contributed by atoms with van der Waals surface area (Å²) >= 11 is 0. The van der Waals surface area contributed by atoms with Crippen LogP contribution >= 0.6 is 0 Å². The Balaban J connectivity index is 1.61. The summed E-state index contributed by atoms with van der Waals surface area (Å²) in [5.74, 6) is 2.08. The minimum absolute atomic E-state index is 0.0874. The second-order valence-corrected chi connectivity index (χ2v) is 6.60. The minimum Gasteiger partial charge on any atom is -0.486 e. The first-order valence-corrected chi connectivity index (χ1v) is 7.65. The summed E-state index contributed by atoms with van der Waals surface area (Å²) in [7, 11) is 0. The van der Waals surface area contributed by atoms with Crippen molar-refractivity contribution in [2.45, 2.75) is 38.0 Å². The first-order valence-electron chi connectivity index (χ1n) is 7.65. The van der Waals surface area contributed by atoms with Crippen molar-refractivity contribution < 1.29 is 17.9 Å². The van der Waals surface area contributed by atoms with Crippen molar-refractivity contribution in [3.8, 4) is 5.75 Å². The van der Waals surface area contributed by atoms with E-state index in [1.54, 1.807) is 0 Å². The lowest BCUT2D eigenvalue weighted by atomic mass is 9.99. The van der Waals surface area contributed by atoms with Crippen LogP contribution in [0.5, 0.6) is 5.75 Å². The molecular weight excluding hydrogens is 289 g/mol. The normalized spacial score (nSPS) is 32.3. The monoisotopic (exact) mass is 306 g/mol. The van der Waals surface area contributed by atoms with Crippen molar-refractivity contribution in [2.24, 2.45) is 11.8 Å². The Hall–Kier alpha value is -1.71. The van der Waals surface area contributed by atoms with Crippen LogP contribution in [0.3, 0.4) is 0 Å². The second kappa shape index (κ2) is 4.64. The standard InChI is InChI=1S/C18H17F3O/c1-10-3-2-4-12(7-10)22-16-6-5-11(18(19,20)21)8-15(16)17-13-9-14(13)17/h2-6,8,12-14,17H,7,9H2,1H3. The molecule has 2 fully saturated rings. The molecule has 0 aromatic heterocycles. The fourth-order valence-electron chi connectivity index (χ4n) is 3.37. The van der Waals surface area contributed by atoms with E-state index in [4.69, 9.17) is 4.74 Å². The van der Waals surface area contributed by atoms with E-state index in [0.717, 1.165) is 24.5 Å². The van der Waals surface area contributed by atoms with Gasteiger partial charge in [0.15, 0.2) is 0 Å². The maximum absolute atomic E-state index is 12.9. The van der Waals surface area contributed by atoms with Crippen molar-refractivity contribution in [3.05, 3.63) is 53.1 Å². The average molecular weight is 306 g/mol. The van der Waals surface area contributed by atoms with Gasteiger partial charge in [-0.3, -0.25) is 0 Å². The van der Waals surface area contributed by atoms with Crippen LogP contribution in [0.25, 0.3) is 0 Å². The lowest BCUT2D eigenvalue weighted by Gasteiger charge is -2.22. The molecule has 3 aliphatic rings. The maximum atomic E-state index is 12.9. The molecule has 1 nitrogen and oxygen atoms in total. The summed E-state index contributed by atoms with van der Waals surface area (Å²) in [6, 6.07) is 3.92. The first-order chi connectivity index (χ1) is 10.4. The Bertz CT molecular complexity index is 663. The van der Waals surface area contributed by atoms with E-state index in [9.17, 15) is 13.2 Å². The van der Waals surface area contributed by atoms with Gasteiger partial charge in [0, 0.05) is 6.42 Å². The van der Waals surface area contributed by atoms with Gasteiger partial charge < -0.3 is 4.74 Å². The van der Waals surface area contributed by atoms with Crippen LogP contribution in [0.2, 0.25) is 0 Å². The smallest absolute Gasteiger partial charge is 0.416 e. The third kappa shape index (κ3) is 2.44. The Morgan fingerprint density at radius 3 is 2.55 bits per heavy atom. The summed E-state index contributed by atoms with van der Waals surface area (Å²) in [5, 5.41) is 0. The second-order valence-electron chi connectivity index (χ2n) is 6.60. The Morgan fingerprint density at radius 2 is 1.95 bits per heavy atom. The lowest BCUT2D eigenvalue weighted by molar-refractivity contribution is -0.137. The minimum atomic E-state index is -4.30. The van der Waals surface area contributed by atoms with Gasteiger partial charge in [-0.25, -0.2) is 0 Å². The molecule has 0 amide bonds. The maximum Gasteiger partial charge on any atom is 0.416 e. The Kier molecular flexibility index (Phi) is 2.94. The van der Waals surface area contributed by atoms with Gasteiger partial charge in [-0.1, -0.05) is 17.7 Å². The first kappa shape index (κ1) is 13.9. The van der Waals surface area contributed by atoms with Gasteiger partial charge in [0.1, 0.15) is 11.9 Å².